The molecular formula is C33H44N4O6S. The van der Waals surface area contributed by atoms with Crippen molar-refractivity contribution in [3.05, 3.63) is 94.5 Å². The van der Waals surface area contributed by atoms with Gasteiger partial charge in [-0.2, -0.15) is 0 Å². The molecule has 1 aliphatic rings. The maximum Gasteiger partial charge on any atom is 0.290 e. The van der Waals surface area contributed by atoms with E-state index in [0.29, 0.717) is 56.0 Å². The van der Waals surface area contributed by atoms with Crippen LogP contribution in [0, 0.1) is 13.8 Å². The van der Waals surface area contributed by atoms with E-state index in [9.17, 15) is 18.3 Å². The molecule has 1 fully saturated rings. The largest absolute Gasteiger partial charge is 0.483 e. The molecule has 4 rings (SSSR count). The topological polar surface area (TPSA) is 148 Å². The predicted molar refractivity (Wildman–Crippen MR) is 175 cm³/mol. The average molecular weight is 625 g/mol. The number of anilines is 2. The molecule has 2 atom stereocenters. The fourth-order valence-corrected chi connectivity index (χ4v) is 6.98. The first-order valence-corrected chi connectivity index (χ1v) is 16.4. The number of nitrogens with one attached hydrogen (secondary N) is 3. The minimum absolute atomic E-state index is 0.0976. The van der Waals surface area contributed by atoms with Gasteiger partial charge in [0.15, 0.2) is 0 Å². The summed E-state index contributed by atoms with van der Waals surface area (Å²) in [7, 11) is -3.44. The number of amides is 1. The molecular weight excluding hydrogens is 580 g/mol. The number of hydrogen-bond acceptors (Lipinski definition) is 7. The molecule has 10 nitrogen and oxygen atoms in total. The Labute approximate surface area is 260 Å². The molecule has 1 aliphatic heterocycles. The van der Waals surface area contributed by atoms with Crippen LogP contribution in [0.5, 0.6) is 0 Å². The Morgan fingerprint density at radius 2 is 1.68 bits per heavy atom. The third kappa shape index (κ3) is 10.4. The molecule has 0 aromatic heterocycles. The van der Waals surface area contributed by atoms with Crippen molar-refractivity contribution in [3.8, 4) is 0 Å². The van der Waals surface area contributed by atoms with Gasteiger partial charge in [0.05, 0.1) is 23.6 Å². The Bertz CT molecular complexity index is 1460. The Hall–Kier alpha value is -3.93. The van der Waals surface area contributed by atoms with Gasteiger partial charge in [0, 0.05) is 37.4 Å². The van der Waals surface area contributed by atoms with E-state index in [4.69, 9.17) is 9.90 Å². The predicted octanol–water partition coefficient (Wildman–Crippen LogP) is 3.86. The van der Waals surface area contributed by atoms with E-state index in [1.165, 1.54) is 15.4 Å². The van der Waals surface area contributed by atoms with Crippen LogP contribution in [0.2, 0.25) is 0 Å². The summed E-state index contributed by atoms with van der Waals surface area (Å²) in [6.45, 7) is 7.73. The number of hydrogen-bond donors (Lipinski definition) is 5. The monoisotopic (exact) mass is 624 g/mol. The maximum atomic E-state index is 13.6. The van der Waals surface area contributed by atoms with Crippen molar-refractivity contribution < 1.29 is 28.2 Å². The first-order valence-electron chi connectivity index (χ1n) is 14.8. The second-order valence-electron chi connectivity index (χ2n) is 11.0. The van der Waals surface area contributed by atoms with Crippen molar-refractivity contribution in [2.45, 2.75) is 58.7 Å². The number of aryl methyl sites for hydroxylation is 2. The highest BCUT2D eigenvalue weighted by Crippen LogP contribution is 2.28. The van der Waals surface area contributed by atoms with Crippen LogP contribution in [0.3, 0.4) is 0 Å². The van der Waals surface area contributed by atoms with Crippen LogP contribution in [-0.2, 0) is 27.8 Å². The molecule has 0 radical (unpaired) electrons. The lowest BCUT2D eigenvalue weighted by Crippen LogP contribution is -2.48. The van der Waals surface area contributed by atoms with Gasteiger partial charge in [-0.25, -0.2) is 8.42 Å². The number of aliphatic hydroxyl groups excluding tert-OH is 1. The summed E-state index contributed by atoms with van der Waals surface area (Å²) in [4.78, 5) is 22.0. The van der Waals surface area contributed by atoms with Gasteiger partial charge in [0.2, 0.25) is 10.0 Å². The Balaban J connectivity index is 0.00000169. The number of rotatable bonds is 12. The van der Waals surface area contributed by atoms with Gasteiger partial charge in [0.1, 0.15) is 0 Å². The van der Waals surface area contributed by atoms with Gasteiger partial charge in [-0.1, -0.05) is 59.7 Å². The van der Waals surface area contributed by atoms with E-state index in [2.05, 4.69) is 48.0 Å². The van der Waals surface area contributed by atoms with E-state index in [0.717, 1.165) is 17.5 Å². The molecule has 0 unspecified atom stereocenters. The summed E-state index contributed by atoms with van der Waals surface area (Å²) in [6.07, 6.45) is 0.991. The molecule has 1 heterocycles. The second-order valence-corrected chi connectivity index (χ2v) is 13.0. The van der Waals surface area contributed by atoms with Crippen molar-refractivity contribution in [2.75, 3.05) is 35.0 Å². The first kappa shape index (κ1) is 34.6. The molecule has 0 saturated carbocycles. The van der Waals surface area contributed by atoms with E-state index >= 15 is 0 Å². The molecule has 1 saturated heterocycles. The lowest BCUT2D eigenvalue weighted by atomic mass is 10.00. The third-order valence-electron chi connectivity index (χ3n) is 7.24. The van der Waals surface area contributed by atoms with E-state index in [-0.39, 0.29) is 18.1 Å². The summed E-state index contributed by atoms with van der Waals surface area (Å²) < 4.78 is 27.0. The third-order valence-corrected chi connectivity index (χ3v) is 9.11. The van der Waals surface area contributed by atoms with Crippen molar-refractivity contribution in [2.24, 2.45) is 0 Å². The molecule has 0 bridgehead atoms. The van der Waals surface area contributed by atoms with Gasteiger partial charge >= 0.3 is 0 Å². The van der Waals surface area contributed by atoms with E-state index < -0.39 is 22.2 Å². The highest BCUT2D eigenvalue weighted by Gasteiger charge is 2.28. The number of carbonyl (C=O) groups excluding carboxylic acids is 1. The Kier molecular flexibility index (Phi) is 13.2. The number of carboxylic acid groups (broad SMARTS) is 1. The van der Waals surface area contributed by atoms with Crippen molar-refractivity contribution in [1.82, 2.24) is 10.6 Å². The van der Waals surface area contributed by atoms with Gasteiger partial charge < -0.3 is 26.2 Å². The summed E-state index contributed by atoms with van der Waals surface area (Å²) in [5.74, 6) is -0.268. The highest BCUT2D eigenvalue weighted by atomic mass is 32.2. The second kappa shape index (κ2) is 16.8. The van der Waals surface area contributed by atoms with Gasteiger partial charge in [0.25, 0.3) is 12.4 Å². The van der Waals surface area contributed by atoms with Crippen molar-refractivity contribution in [1.29, 1.82) is 0 Å². The summed E-state index contributed by atoms with van der Waals surface area (Å²) in [5, 5.41) is 27.7. The highest BCUT2D eigenvalue weighted by molar-refractivity contribution is 7.92. The number of benzene rings is 3. The first-order chi connectivity index (χ1) is 21.1. The van der Waals surface area contributed by atoms with Crippen LogP contribution in [0.15, 0.2) is 66.7 Å². The molecule has 0 aliphatic carbocycles. The maximum absolute atomic E-state index is 13.6. The van der Waals surface area contributed by atoms with E-state index in [1.807, 2.05) is 37.3 Å². The Morgan fingerprint density at radius 1 is 1.00 bits per heavy atom. The molecule has 44 heavy (non-hydrogen) atoms. The fraction of sp³-hybridized carbons (Fsp3) is 0.394. The molecule has 3 aromatic carbocycles. The number of carbonyl (C=O) groups is 2. The summed E-state index contributed by atoms with van der Waals surface area (Å²) >= 11 is 0. The lowest BCUT2D eigenvalue weighted by molar-refractivity contribution is -0.122. The standard InChI is InChI=1S/C32H42N4O4S.CH2O2/c1-4-34-28-18-27(19-29(20-28)36-12-8-9-13-41(36,39)40)32(38)35-30(17-25-10-6-5-7-11-25)31(37)22-33-21-26-15-23(2)14-24(3)16-26;2-1-3/h5-7,10-11,14-16,18-20,30-31,33-34,37H,4,8-9,12-13,17,21-22H2,1-3H3,(H,35,38);1H,(H,2,3)/t30-,31+;/m0./s1. The van der Waals surface area contributed by atoms with Crippen LogP contribution in [0.4, 0.5) is 11.4 Å². The average Bonchev–Trinajstić information content (AvgIpc) is 2.97. The van der Waals surface area contributed by atoms with Crippen LogP contribution >= 0.6 is 0 Å². The molecule has 11 heteroatoms. The molecule has 3 aromatic rings. The molecule has 1 amide bonds. The molecule has 238 valence electrons. The Morgan fingerprint density at radius 3 is 2.32 bits per heavy atom. The summed E-state index contributed by atoms with van der Waals surface area (Å²) in [5.41, 5.74) is 6.00. The number of nitrogens with zero attached hydrogens (tertiary/aromatic N) is 1. The fourth-order valence-electron chi connectivity index (χ4n) is 5.35. The lowest BCUT2D eigenvalue weighted by Gasteiger charge is -2.29. The van der Waals surface area contributed by atoms with Crippen LogP contribution in [0.1, 0.15) is 52.4 Å². The van der Waals surface area contributed by atoms with Crippen molar-refractivity contribution in [3.63, 3.8) is 0 Å². The SMILES string of the molecule is CCNc1cc(C(=O)N[C@@H](Cc2ccccc2)[C@H](O)CNCc2cc(C)cc(C)c2)cc(N2CCCCS2(=O)=O)c1.O=CO. The van der Waals surface area contributed by atoms with Crippen LogP contribution in [-0.4, -0.2) is 68.5 Å². The van der Waals surface area contributed by atoms with Crippen LogP contribution in [0.25, 0.3) is 0 Å². The minimum Gasteiger partial charge on any atom is -0.483 e. The van der Waals surface area contributed by atoms with Gasteiger partial charge in [-0.15, -0.1) is 0 Å². The quantitative estimate of drug-likeness (QED) is 0.191. The number of sulfonamides is 1. The van der Waals surface area contributed by atoms with Crippen LogP contribution < -0.4 is 20.3 Å². The van der Waals surface area contributed by atoms with E-state index in [1.54, 1.807) is 18.2 Å². The zero-order valence-electron chi connectivity index (χ0n) is 25.6. The van der Waals surface area contributed by atoms with Gasteiger partial charge in [-0.3, -0.25) is 13.9 Å². The smallest absolute Gasteiger partial charge is 0.290 e. The molecule has 5 N–H and O–H groups in total. The normalized spacial score (nSPS) is 15.3. The zero-order chi connectivity index (χ0) is 32.1. The molecule has 0 spiro atoms. The number of aliphatic hydroxyl groups is 1. The van der Waals surface area contributed by atoms with Crippen molar-refractivity contribution >= 4 is 33.8 Å². The van der Waals surface area contributed by atoms with Gasteiger partial charge in [-0.05, 0) is 69.4 Å². The minimum atomic E-state index is -3.44. The zero-order valence-corrected chi connectivity index (χ0v) is 26.4. The summed E-state index contributed by atoms with van der Waals surface area (Å²) in [6, 6.07) is 20.7.